The summed E-state index contributed by atoms with van der Waals surface area (Å²) in [6.45, 7) is 6.44. The number of methoxy groups -OCH3 is 1. The summed E-state index contributed by atoms with van der Waals surface area (Å²) in [6, 6.07) is 15.3. The lowest BCUT2D eigenvalue weighted by Gasteiger charge is -2.12. The Kier molecular flexibility index (Phi) is 9.10. The number of carbonyl (C=O) groups excluding carboxylic acids is 1. The number of esters is 1. The molecule has 3 rings (SSSR count). The molecule has 0 saturated carbocycles. The van der Waals surface area contributed by atoms with E-state index in [0.29, 0.717) is 43.2 Å². The highest BCUT2D eigenvalue weighted by Crippen LogP contribution is 2.26. The van der Waals surface area contributed by atoms with E-state index < -0.39 is 0 Å². The van der Waals surface area contributed by atoms with Crippen molar-refractivity contribution in [3.8, 4) is 22.8 Å². The minimum Gasteiger partial charge on any atom is -0.497 e. The monoisotopic (exact) mass is 466 g/mol. The Bertz CT molecular complexity index is 1150. The SMILES string of the molecule is COc1ccc2cc(-c3ccc(OCCCNCCC(=O)OCC(C)C)cc3)n(C)c(=O)c2c1. The average molecular weight is 467 g/mol. The van der Waals surface area contributed by atoms with Crippen molar-refractivity contribution in [2.24, 2.45) is 13.0 Å². The second-order valence-corrected chi connectivity index (χ2v) is 8.65. The summed E-state index contributed by atoms with van der Waals surface area (Å²) in [4.78, 5) is 24.4. The van der Waals surface area contributed by atoms with Crippen molar-refractivity contribution in [1.29, 1.82) is 0 Å². The fraction of sp³-hybridized carbons (Fsp3) is 0.407. The molecule has 0 amide bonds. The minimum atomic E-state index is -0.166. The summed E-state index contributed by atoms with van der Waals surface area (Å²) in [5, 5.41) is 4.74. The highest BCUT2D eigenvalue weighted by atomic mass is 16.5. The van der Waals surface area contributed by atoms with E-state index in [4.69, 9.17) is 14.2 Å². The summed E-state index contributed by atoms with van der Waals surface area (Å²) >= 11 is 0. The van der Waals surface area contributed by atoms with Gasteiger partial charge in [0, 0.05) is 13.6 Å². The normalized spacial score (nSPS) is 11.1. The van der Waals surface area contributed by atoms with Crippen LogP contribution in [0.3, 0.4) is 0 Å². The van der Waals surface area contributed by atoms with Gasteiger partial charge in [0.25, 0.3) is 5.56 Å². The third kappa shape index (κ3) is 6.84. The topological polar surface area (TPSA) is 78.8 Å². The predicted molar refractivity (Wildman–Crippen MR) is 135 cm³/mol. The summed E-state index contributed by atoms with van der Waals surface area (Å²) in [5.74, 6) is 1.63. The Labute approximate surface area is 200 Å². The van der Waals surface area contributed by atoms with Crippen LogP contribution in [0.5, 0.6) is 11.5 Å². The molecule has 0 saturated heterocycles. The second-order valence-electron chi connectivity index (χ2n) is 8.65. The summed E-state index contributed by atoms with van der Waals surface area (Å²) in [5.41, 5.74) is 1.72. The number of pyridine rings is 1. The molecule has 0 aliphatic heterocycles. The van der Waals surface area contributed by atoms with Crippen LogP contribution >= 0.6 is 0 Å². The highest BCUT2D eigenvalue weighted by molar-refractivity contribution is 5.86. The van der Waals surface area contributed by atoms with Crippen molar-refractivity contribution in [2.45, 2.75) is 26.7 Å². The Morgan fingerprint density at radius 2 is 1.76 bits per heavy atom. The number of rotatable bonds is 12. The fourth-order valence-corrected chi connectivity index (χ4v) is 3.54. The van der Waals surface area contributed by atoms with Gasteiger partial charge in [-0.3, -0.25) is 9.59 Å². The number of nitrogens with one attached hydrogen (secondary N) is 1. The average Bonchev–Trinajstić information content (AvgIpc) is 2.84. The van der Waals surface area contributed by atoms with E-state index in [1.165, 1.54) is 0 Å². The Morgan fingerprint density at radius 1 is 1.03 bits per heavy atom. The van der Waals surface area contributed by atoms with Gasteiger partial charge >= 0.3 is 5.97 Å². The van der Waals surface area contributed by atoms with Crippen LogP contribution in [-0.4, -0.2) is 43.9 Å². The largest absolute Gasteiger partial charge is 0.497 e. The van der Waals surface area contributed by atoms with Gasteiger partial charge in [-0.05, 0) is 72.3 Å². The van der Waals surface area contributed by atoms with Crippen molar-refractivity contribution in [1.82, 2.24) is 9.88 Å². The molecule has 182 valence electrons. The molecule has 34 heavy (non-hydrogen) atoms. The molecule has 3 aromatic rings. The molecule has 0 spiro atoms. The van der Waals surface area contributed by atoms with E-state index in [9.17, 15) is 9.59 Å². The third-order valence-electron chi connectivity index (χ3n) is 5.45. The Hall–Kier alpha value is -3.32. The molecule has 2 aromatic carbocycles. The lowest BCUT2D eigenvalue weighted by Crippen LogP contribution is -2.22. The van der Waals surface area contributed by atoms with Gasteiger partial charge in [-0.15, -0.1) is 0 Å². The van der Waals surface area contributed by atoms with E-state index >= 15 is 0 Å². The molecular weight excluding hydrogens is 432 g/mol. The van der Waals surface area contributed by atoms with Gasteiger partial charge in [0.1, 0.15) is 11.5 Å². The van der Waals surface area contributed by atoms with Gasteiger partial charge < -0.3 is 24.1 Å². The quantitative estimate of drug-likeness (QED) is 0.319. The zero-order valence-electron chi connectivity index (χ0n) is 20.4. The van der Waals surface area contributed by atoms with E-state index in [1.807, 2.05) is 56.3 Å². The van der Waals surface area contributed by atoms with Crippen molar-refractivity contribution in [3.63, 3.8) is 0 Å². The summed E-state index contributed by atoms with van der Waals surface area (Å²) in [6.07, 6.45) is 1.20. The molecule has 1 aromatic heterocycles. The number of aromatic nitrogens is 1. The van der Waals surface area contributed by atoms with Gasteiger partial charge in [-0.1, -0.05) is 19.9 Å². The van der Waals surface area contributed by atoms with E-state index in [1.54, 1.807) is 24.8 Å². The van der Waals surface area contributed by atoms with Gasteiger partial charge in [-0.25, -0.2) is 0 Å². The second kappa shape index (κ2) is 12.2. The lowest BCUT2D eigenvalue weighted by molar-refractivity contribution is -0.144. The number of carbonyl (C=O) groups is 1. The number of benzene rings is 2. The Morgan fingerprint density at radius 3 is 2.47 bits per heavy atom. The van der Waals surface area contributed by atoms with Gasteiger partial charge in [0.15, 0.2) is 0 Å². The van der Waals surface area contributed by atoms with Gasteiger partial charge in [0.05, 0.1) is 37.8 Å². The van der Waals surface area contributed by atoms with Crippen LogP contribution in [0.2, 0.25) is 0 Å². The molecule has 1 heterocycles. The molecule has 0 bridgehead atoms. The third-order valence-corrected chi connectivity index (χ3v) is 5.45. The van der Waals surface area contributed by atoms with E-state index in [0.717, 1.165) is 35.4 Å². The van der Waals surface area contributed by atoms with Gasteiger partial charge in [-0.2, -0.15) is 0 Å². The van der Waals surface area contributed by atoms with Crippen molar-refractivity contribution >= 4 is 16.7 Å². The van der Waals surface area contributed by atoms with Gasteiger partial charge in [0.2, 0.25) is 0 Å². The number of nitrogens with zero attached hydrogens (tertiary/aromatic N) is 1. The van der Waals surface area contributed by atoms with Crippen LogP contribution in [0.25, 0.3) is 22.0 Å². The molecule has 0 aliphatic carbocycles. The molecule has 7 nitrogen and oxygen atoms in total. The van der Waals surface area contributed by atoms with Crippen molar-refractivity contribution < 1.29 is 19.0 Å². The van der Waals surface area contributed by atoms with Crippen LogP contribution in [0.15, 0.2) is 53.3 Å². The first kappa shape index (κ1) is 25.3. The maximum Gasteiger partial charge on any atom is 0.307 e. The molecule has 0 atom stereocenters. The Balaban J connectivity index is 1.48. The summed E-state index contributed by atoms with van der Waals surface area (Å²) in [7, 11) is 3.37. The fourth-order valence-electron chi connectivity index (χ4n) is 3.54. The smallest absolute Gasteiger partial charge is 0.307 e. The van der Waals surface area contributed by atoms with Crippen LogP contribution in [0.4, 0.5) is 0 Å². The first-order chi connectivity index (χ1) is 16.4. The maximum atomic E-state index is 12.9. The minimum absolute atomic E-state index is 0.0626. The number of hydrogen-bond donors (Lipinski definition) is 1. The van der Waals surface area contributed by atoms with E-state index in [2.05, 4.69) is 5.32 Å². The zero-order valence-corrected chi connectivity index (χ0v) is 20.4. The van der Waals surface area contributed by atoms with Crippen LogP contribution < -0.4 is 20.3 Å². The number of ether oxygens (including phenoxy) is 3. The molecular formula is C27H34N2O5. The van der Waals surface area contributed by atoms with Crippen molar-refractivity contribution in [3.05, 3.63) is 58.9 Å². The number of hydrogen-bond acceptors (Lipinski definition) is 6. The molecule has 0 radical (unpaired) electrons. The molecule has 0 fully saturated rings. The first-order valence-corrected chi connectivity index (χ1v) is 11.7. The lowest BCUT2D eigenvalue weighted by atomic mass is 10.1. The van der Waals surface area contributed by atoms with Crippen LogP contribution in [0, 0.1) is 5.92 Å². The zero-order chi connectivity index (χ0) is 24.5. The maximum absolute atomic E-state index is 12.9. The standard InChI is InChI=1S/C27H34N2O5/c1-19(2)18-34-26(30)12-14-28-13-5-15-33-22-9-6-20(7-10-22)25-16-21-8-11-23(32-4)17-24(21)27(31)29(25)3/h6-11,16-17,19,28H,5,12-15,18H2,1-4H3. The van der Waals surface area contributed by atoms with Crippen LogP contribution in [-0.2, 0) is 16.6 Å². The number of fused-ring (bicyclic) bond motifs is 1. The molecule has 0 unspecified atom stereocenters. The predicted octanol–water partition coefficient (Wildman–Crippen LogP) is 4.16. The molecule has 0 aliphatic rings. The first-order valence-electron chi connectivity index (χ1n) is 11.7. The van der Waals surface area contributed by atoms with E-state index in [-0.39, 0.29) is 11.5 Å². The molecule has 1 N–H and O–H groups in total. The van der Waals surface area contributed by atoms with Crippen molar-refractivity contribution in [2.75, 3.05) is 33.4 Å². The summed E-state index contributed by atoms with van der Waals surface area (Å²) < 4.78 is 17.9. The molecule has 7 heteroatoms. The van der Waals surface area contributed by atoms with Crippen LogP contribution in [0.1, 0.15) is 26.7 Å². The highest BCUT2D eigenvalue weighted by Gasteiger charge is 2.10.